The molecular weight excluding hydrogens is 258 g/mol. The second kappa shape index (κ2) is 6.31. The number of nitrogens with one attached hydrogen (secondary N) is 1. The number of rotatable bonds is 5. The van der Waals surface area contributed by atoms with Gasteiger partial charge in [-0.25, -0.2) is 9.97 Å². The van der Waals surface area contributed by atoms with Crippen LogP contribution in [0.25, 0.3) is 0 Å². The molecule has 1 rings (SSSR count). The van der Waals surface area contributed by atoms with Gasteiger partial charge in [0.25, 0.3) is 0 Å². The van der Waals surface area contributed by atoms with Crippen molar-refractivity contribution in [3.8, 4) is 0 Å². The number of anilines is 1. The summed E-state index contributed by atoms with van der Waals surface area (Å²) in [5.41, 5.74) is 0.831. The van der Waals surface area contributed by atoms with Crippen molar-refractivity contribution < 1.29 is 4.21 Å². The summed E-state index contributed by atoms with van der Waals surface area (Å²) in [7, 11) is -0.804. The largest absolute Gasteiger partial charge is 0.369 e. The topological polar surface area (TPSA) is 54.9 Å². The molecule has 6 heteroatoms. The maximum atomic E-state index is 11.0. The zero-order valence-corrected chi connectivity index (χ0v) is 12.2. The van der Waals surface area contributed by atoms with Gasteiger partial charge in [0.15, 0.2) is 0 Å². The summed E-state index contributed by atoms with van der Waals surface area (Å²) in [5, 5.41) is 3.63. The van der Waals surface area contributed by atoms with Gasteiger partial charge in [-0.3, -0.25) is 4.21 Å². The molecule has 0 bridgehead atoms. The van der Waals surface area contributed by atoms with Crippen molar-refractivity contribution in [2.24, 2.45) is 0 Å². The predicted molar refractivity (Wildman–Crippen MR) is 73.3 cm³/mol. The van der Waals surface area contributed by atoms with Crippen molar-refractivity contribution >= 4 is 28.2 Å². The maximum Gasteiger partial charge on any atom is 0.137 e. The van der Waals surface area contributed by atoms with Gasteiger partial charge in [0.05, 0.1) is 0 Å². The highest BCUT2D eigenvalue weighted by Crippen LogP contribution is 2.22. The number of aromatic nitrogens is 2. The molecule has 0 saturated heterocycles. The molecule has 0 aliphatic carbocycles. The summed E-state index contributed by atoms with van der Waals surface area (Å²) in [6.07, 6.45) is 1.68. The smallest absolute Gasteiger partial charge is 0.137 e. The van der Waals surface area contributed by atoms with Crippen molar-refractivity contribution in [1.82, 2.24) is 9.97 Å². The van der Waals surface area contributed by atoms with Gasteiger partial charge in [-0.15, -0.1) is 0 Å². The molecule has 0 saturated carbocycles. The fraction of sp³-hybridized carbons (Fsp3) is 0.636. The van der Waals surface area contributed by atoms with Gasteiger partial charge in [-0.05, 0) is 6.92 Å². The number of halogens is 1. The maximum absolute atomic E-state index is 11.0. The van der Waals surface area contributed by atoms with Crippen molar-refractivity contribution in [2.75, 3.05) is 23.9 Å². The molecule has 1 N–H and O–H groups in total. The van der Waals surface area contributed by atoms with E-state index in [0.717, 1.165) is 17.2 Å². The van der Waals surface area contributed by atoms with Gasteiger partial charge >= 0.3 is 0 Å². The summed E-state index contributed by atoms with van der Waals surface area (Å²) in [5.74, 6) is 2.28. The Morgan fingerprint density at radius 3 is 2.59 bits per heavy atom. The summed E-state index contributed by atoms with van der Waals surface area (Å²) in [6.45, 7) is 6.53. The van der Waals surface area contributed by atoms with E-state index in [9.17, 15) is 4.21 Å². The summed E-state index contributed by atoms with van der Waals surface area (Å²) in [6, 6.07) is 0. The minimum absolute atomic E-state index is 0.231. The van der Waals surface area contributed by atoms with E-state index in [2.05, 4.69) is 15.3 Å². The van der Waals surface area contributed by atoms with Crippen LogP contribution >= 0.6 is 11.6 Å². The van der Waals surface area contributed by atoms with E-state index in [1.807, 2.05) is 20.8 Å². The molecule has 96 valence electrons. The zero-order chi connectivity index (χ0) is 13.0. The van der Waals surface area contributed by atoms with E-state index < -0.39 is 10.8 Å². The Bertz CT molecular complexity index is 423. The van der Waals surface area contributed by atoms with Gasteiger partial charge in [0.1, 0.15) is 16.8 Å². The lowest BCUT2D eigenvalue weighted by molar-refractivity contribution is 0.687. The Hall–Kier alpha value is -0.680. The van der Waals surface area contributed by atoms with Crippen molar-refractivity contribution in [1.29, 1.82) is 0 Å². The first-order chi connectivity index (χ1) is 7.91. The molecule has 0 fully saturated rings. The first-order valence-corrected chi connectivity index (χ1v) is 7.60. The highest BCUT2D eigenvalue weighted by Gasteiger charge is 2.11. The van der Waals surface area contributed by atoms with Crippen LogP contribution in [0.5, 0.6) is 0 Å². The van der Waals surface area contributed by atoms with Crippen LogP contribution in [0.3, 0.4) is 0 Å². The second-order valence-corrected chi connectivity index (χ2v) is 6.12. The first kappa shape index (κ1) is 14.4. The Kier molecular flexibility index (Phi) is 5.33. The number of hydrogen-bond donors (Lipinski definition) is 1. The minimum atomic E-state index is -0.804. The third-order valence-corrected chi connectivity index (χ3v) is 3.45. The molecule has 17 heavy (non-hydrogen) atoms. The molecule has 0 amide bonds. The van der Waals surface area contributed by atoms with Crippen LogP contribution in [-0.2, 0) is 10.8 Å². The predicted octanol–water partition coefficient (Wildman–Crippen LogP) is 2.35. The molecular formula is C11H18ClN3OS. The second-order valence-electron chi connectivity index (χ2n) is 4.21. The van der Waals surface area contributed by atoms with Crippen molar-refractivity contribution in [3.63, 3.8) is 0 Å². The van der Waals surface area contributed by atoms with Crippen molar-refractivity contribution in [2.45, 2.75) is 26.7 Å². The van der Waals surface area contributed by atoms with E-state index in [1.165, 1.54) is 0 Å². The molecule has 1 aromatic heterocycles. The molecule has 0 spiro atoms. The standard InChI is InChI=1S/C11H18ClN3OS/c1-7(2)10-14-9(12)8(3)11(15-10)13-5-6-17(4)16/h7H,5-6H2,1-4H3,(H,13,14,15). The van der Waals surface area contributed by atoms with Gasteiger partial charge in [-0.1, -0.05) is 25.4 Å². The molecule has 0 aliphatic heterocycles. The van der Waals surface area contributed by atoms with Crippen LogP contribution < -0.4 is 5.32 Å². The average Bonchev–Trinajstić information content (AvgIpc) is 2.23. The van der Waals surface area contributed by atoms with Crippen LogP contribution in [0, 0.1) is 6.92 Å². The molecule has 4 nitrogen and oxygen atoms in total. The quantitative estimate of drug-likeness (QED) is 0.838. The molecule has 1 unspecified atom stereocenters. The molecule has 1 heterocycles. The Labute approximate surface area is 110 Å². The van der Waals surface area contributed by atoms with E-state index in [4.69, 9.17) is 11.6 Å². The van der Waals surface area contributed by atoms with E-state index >= 15 is 0 Å². The van der Waals surface area contributed by atoms with Gasteiger partial charge < -0.3 is 5.32 Å². The Balaban J connectivity index is 2.86. The van der Waals surface area contributed by atoms with Crippen LogP contribution in [0.15, 0.2) is 0 Å². The molecule has 0 aromatic carbocycles. The highest BCUT2D eigenvalue weighted by molar-refractivity contribution is 7.84. The van der Waals surface area contributed by atoms with E-state index in [0.29, 0.717) is 17.5 Å². The van der Waals surface area contributed by atoms with Crippen LogP contribution in [0.4, 0.5) is 5.82 Å². The first-order valence-electron chi connectivity index (χ1n) is 5.49. The van der Waals surface area contributed by atoms with Crippen LogP contribution in [0.2, 0.25) is 5.15 Å². The van der Waals surface area contributed by atoms with Crippen LogP contribution in [-0.4, -0.2) is 32.7 Å². The van der Waals surface area contributed by atoms with E-state index in [1.54, 1.807) is 6.26 Å². The lowest BCUT2D eigenvalue weighted by Gasteiger charge is -2.12. The third-order valence-electron chi connectivity index (χ3n) is 2.30. The van der Waals surface area contributed by atoms with E-state index in [-0.39, 0.29) is 5.92 Å². The monoisotopic (exact) mass is 275 g/mol. The van der Waals surface area contributed by atoms with Gasteiger partial charge in [0, 0.05) is 40.8 Å². The lowest BCUT2D eigenvalue weighted by Crippen LogP contribution is -2.13. The van der Waals surface area contributed by atoms with Crippen molar-refractivity contribution in [3.05, 3.63) is 16.5 Å². The minimum Gasteiger partial charge on any atom is -0.369 e. The molecule has 1 aromatic rings. The SMILES string of the molecule is Cc1c(Cl)nc(C(C)C)nc1NCCS(C)=O. The highest BCUT2D eigenvalue weighted by atomic mass is 35.5. The average molecular weight is 276 g/mol. The Morgan fingerprint density at radius 2 is 2.06 bits per heavy atom. The number of hydrogen-bond acceptors (Lipinski definition) is 4. The lowest BCUT2D eigenvalue weighted by atomic mass is 10.2. The zero-order valence-electron chi connectivity index (χ0n) is 10.6. The summed E-state index contributed by atoms with van der Waals surface area (Å²) in [4.78, 5) is 8.65. The molecule has 1 atom stereocenters. The fourth-order valence-corrected chi connectivity index (χ4v) is 1.81. The fourth-order valence-electron chi connectivity index (χ4n) is 1.25. The third kappa shape index (κ3) is 4.24. The van der Waals surface area contributed by atoms with Gasteiger partial charge in [-0.2, -0.15) is 0 Å². The summed E-state index contributed by atoms with van der Waals surface area (Å²) < 4.78 is 11.0. The van der Waals surface area contributed by atoms with Gasteiger partial charge in [0.2, 0.25) is 0 Å². The number of nitrogens with zero attached hydrogens (tertiary/aromatic N) is 2. The van der Waals surface area contributed by atoms with Crippen LogP contribution in [0.1, 0.15) is 31.2 Å². The summed E-state index contributed by atoms with van der Waals surface area (Å²) >= 11 is 6.05. The Morgan fingerprint density at radius 1 is 1.41 bits per heavy atom. The normalized spacial score (nSPS) is 12.8. The molecule has 0 radical (unpaired) electrons. The molecule has 0 aliphatic rings.